The average Bonchev–Trinajstić information content (AvgIpc) is 2.72. The second-order valence-electron chi connectivity index (χ2n) is 6.21. The van der Waals surface area contributed by atoms with Crippen LogP contribution in [0.15, 0.2) is 48.7 Å². The number of piperazine rings is 1. The zero-order valence-electron chi connectivity index (χ0n) is 14.9. The number of ether oxygens (including phenoxy) is 1. The lowest BCUT2D eigenvalue weighted by molar-refractivity contribution is -0.137. The topological polar surface area (TPSA) is 62.7 Å². The molecule has 6 nitrogen and oxygen atoms in total. The standard InChI is InChI=1S/C19H18F3N3O3/c20-19(21,22)14-4-3-5-15(12-14)24-8-10-25(11-9-24)17(26)13-28-18(27)16-6-1-2-7-23-16/h1-7,12H,8-11,13H2. The molecule has 0 spiro atoms. The molecule has 1 aliphatic heterocycles. The third-order valence-corrected chi connectivity index (χ3v) is 4.37. The van der Waals surface area contributed by atoms with Crippen LogP contribution in [-0.2, 0) is 15.7 Å². The van der Waals surface area contributed by atoms with E-state index in [4.69, 9.17) is 4.74 Å². The molecule has 1 amide bonds. The van der Waals surface area contributed by atoms with E-state index >= 15 is 0 Å². The molecule has 1 aromatic heterocycles. The van der Waals surface area contributed by atoms with E-state index in [0.29, 0.717) is 31.9 Å². The van der Waals surface area contributed by atoms with Crippen molar-refractivity contribution in [2.75, 3.05) is 37.7 Å². The number of halogens is 3. The van der Waals surface area contributed by atoms with Crippen LogP contribution in [0.2, 0.25) is 0 Å². The van der Waals surface area contributed by atoms with Gasteiger partial charge in [-0.05, 0) is 30.3 Å². The van der Waals surface area contributed by atoms with Crippen molar-refractivity contribution in [1.29, 1.82) is 0 Å². The molecule has 0 saturated carbocycles. The molecule has 0 bridgehead atoms. The fourth-order valence-corrected chi connectivity index (χ4v) is 2.87. The maximum atomic E-state index is 12.9. The summed E-state index contributed by atoms with van der Waals surface area (Å²) in [5.41, 5.74) is -0.127. The zero-order valence-corrected chi connectivity index (χ0v) is 14.9. The third kappa shape index (κ3) is 4.79. The van der Waals surface area contributed by atoms with Gasteiger partial charge in [-0.1, -0.05) is 12.1 Å². The van der Waals surface area contributed by atoms with Gasteiger partial charge in [-0.2, -0.15) is 13.2 Å². The maximum Gasteiger partial charge on any atom is 0.416 e. The summed E-state index contributed by atoms with van der Waals surface area (Å²) in [6, 6.07) is 9.89. The number of esters is 1. The van der Waals surface area contributed by atoms with Gasteiger partial charge in [0.2, 0.25) is 0 Å². The van der Waals surface area contributed by atoms with Crippen LogP contribution in [0.25, 0.3) is 0 Å². The molecule has 0 unspecified atom stereocenters. The molecule has 0 radical (unpaired) electrons. The van der Waals surface area contributed by atoms with Gasteiger partial charge in [0.25, 0.3) is 5.91 Å². The predicted octanol–water partition coefficient (Wildman–Crippen LogP) is 2.61. The fraction of sp³-hybridized carbons (Fsp3) is 0.316. The highest BCUT2D eigenvalue weighted by molar-refractivity contribution is 5.89. The Kier molecular flexibility index (Phi) is 5.81. The van der Waals surface area contributed by atoms with E-state index < -0.39 is 24.3 Å². The number of nitrogens with zero attached hydrogens (tertiary/aromatic N) is 3. The summed E-state index contributed by atoms with van der Waals surface area (Å²) in [7, 11) is 0. The lowest BCUT2D eigenvalue weighted by Crippen LogP contribution is -2.50. The summed E-state index contributed by atoms with van der Waals surface area (Å²) in [5.74, 6) is -1.04. The van der Waals surface area contributed by atoms with Crippen molar-refractivity contribution in [2.24, 2.45) is 0 Å². The number of benzene rings is 1. The van der Waals surface area contributed by atoms with Crippen LogP contribution in [0.1, 0.15) is 16.1 Å². The smallest absolute Gasteiger partial charge is 0.416 e. The third-order valence-electron chi connectivity index (χ3n) is 4.37. The first-order valence-electron chi connectivity index (χ1n) is 8.63. The number of carbonyl (C=O) groups is 2. The van der Waals surface area contributed by atoms with Crippen LogP contribution in [0.3, 0.4) is 0 Å². The second-order valence-corrected chi connectivity index (χ2v) is 6.21. The Morgan fingerprint density at radius 1 is 1.04 bits per heavy atom. The largest absolute Gasteiger partial charge is 0.451 e. The molecule has 1 aromatic carbocycles. The summed E-state index contributed by atoms with van der Waals surface area (Å²) in [6.07, 6.45) is -2.95. The van der Waals surface area contributed by atoms with Gasteiger partial charge in [-0.3, -0.25) is 4.79 Å². The van der Waals surface area contributed by atoms with Crippen LogP contribution < -0.4 is 4.90 Å². The maximum absolute atomic E-state index is 12.9. The molecule has 148 valence electrons. The van der Waals surface area contributed by atoms with Gasteiger partial charge in [0.15, 0.2) is 6.61 Å². The number of carbonyl (C=O) groups excluding carboxylic acids is 2. The van der Waals surface area contributed by atoms with Gasteiger partial charge < -0.3 is 14.5 Å². The number of aromatic nitrogens is 1. The van der Waals surface area contributed by atoms with E-state index in [1.54, 1.807) is 23.1 Å². The monoisotopic (exact) mass is 393 g/mol. The fourth-order valence-electron chi connectivity index (χ4n) is 2.87. The minimum atomic E-state index is -4.40. The highest BCUT2D eigenvalue weighted by atomic mass is 19.4. The number of hydrogen-bond acceptors (Lipinski definition) is 5. The zero-order chi connectivity index (χ0) is 20.1. The summed E-state index contributed by atoms with van der Waals surface area (Å²) in [4.78, 5) is 31.2. The predicted molar refractivity (Wildman–Crippen MR) is 94.8 cm³/mol. The molecule has 9 heteroatoms. The number of alkyl halides is 3. The number of anilines is 1. The molecule has 1 aliphatic rings. The molecule has 28 heavy (non-hydrogen) atoms. The number of rotatable bonds is 4. The van der Waals surface area contributed by atoms with Crippen LogP contribution in [0.5, 0.6) is 0 Å². The van der Waals surface area contributed by atoms with Gasteiger partial charge in [-0.25, -0.2) is 9.78 Å². The van der Waals surface area contributed by atoms with Crippen molar-refractivity contribution in [1.82, 2.24) is 9.88 Å². The van der Waals surface area contributed by atoms with Crippen molar-refractivity contribution in [3.05, 3.63) is 59.9 Å². The van der Waals surface area contributed by atoms with Gasteiger partial charge >= 0.3 is 12.1 Å². The Balaban J connectivity index is 1.51. The lowest BCUT2D eigenvalue weighted by atomic mass is 10.1. The highest BCUT2D eigenvalue weighted by Crippen LogP contribution is 2.31. The first-order chi connectivity index (χ1) is 13.3. The molecule has 2 aromatic rings. The summed E-state index contributed by atoms with van der Waals surface area (Å²) in [6.45, 7) is 1.04. The average molecular weight is 393 g/mol. The first-order valence-corrected chi connectivity index (χ1v) is 8.63. The Labute approximate surface area is 159 Å². The van der Waals surface area contributed by atoms with E-state index in [-0.39, 0.29) is 11.6 Å². The van der Waals surface area contributed by atoms with Gasteiger partial charge in [0.1, 0.15) is 5.69 Å². The molecular formula is C19H18F3N3O3. The Morgan fingerprint density at radius 3 is 2.43 bits per heavy atom. The number of hydrogen-bond donors (Lipinski definition) is 0. The quantitative estimate of drug-likeness (QED) is 0.748. The van der Waals surface area contributed by atoms with Crippen LogP contribution in [-0.4, -0.2) is 54.5 Å². The normalized spacial score (nSPS) is 14.7. The SMILES string of the molecule is O=C(OCC(=O)N1CCN(c2cccc(C(F)(F)F)c2)CC1)c1ccccn1. The van der Waals surface area contributed by atoms with Crippen LogP contribution in [0.4, 0.5) is 18.9 Å². The molecule has 1 saturated heterocycles. The second kappa shape index (κ2) is 8.28. The van der Waals surface area contributed by atoms with Crippen molar-refractivity contribution < 1.29 is 27.5 Å². The lowest BCUT2D eigenvalue weighted by Gasteiger charge is -2.36. The van der Waals surface area contributed by atoms with Crippen LogP contribution in [0, 0.1) is 0 Å². The molecular weight excluding hydrogens is 375 g/mol. The molecule has 3 rings (SSSR count). The molecule has 0 atom stereocenters. The van der Waals surface area contributed by atoms with Crippen LogP contribution >= 0.6 is 0 Å². The molecule has 1 fully saturated rings. The summed E-state index contributed by atoms with van der Waals surface area (Å²) < 4.78 is 43.6. The molecule has 0 N–H and O–H groups in total. The number of amides is 1. The Bertz CT molecular complexity index is 835. The van der Waals surface area contributed by atoms with E-state index in [9.17, 15) is 22.8 Å². The van der Waals surface area contributed by atoms with Crippen molar-refractivity contribution in [3.63, 3.8) is 0 Å². The Morgan fingerprint density at radius 2 is 1.79 bits per heavy atom. The van der Waals surface area contributed by atoms with Crippen molar-refractivity contribution in [3.8, 4) is 0 Å². The first kappa shape index (κ1) is 19.7. The minimum Gasteiger partial charge on any atom is -0.451 e. The van der Waals surface area contributed by atoms with E-state index in [2.05, 4.69) is 4.98 Å². The number of pyridine rings is 1. The van der Waals surface area contributed by atoms with Crippen molar-refractivity contribution in [2.45, 2.75) is 6.18 Å². The molecule has 2 heterocycles. The van der Waals surface area contributed by atoms with Gasteiger partial charge in [0.05, 0.1) is 5.56 Å². The van der Waals surface area contributed by atoms with Gasteiger partial charge in [0, 0.05) is 38.1 Å². The van der Waals surface area contributed by atoms with E-state index in [1.165, 1.54) is 23.2 Å². The van der Waals surface area contributed by atoms with E-state index in [1.807, 2.05) is 0 Å². The minimum absolute atomic E-state index is 0.115. The Hall–Kier alpha value is -3.10. The van der Waals surface area contributed by atoms with E-state index in [0.717, 1.165) is 12.1 Å². The van der Waals surface area contributed by atoms with Crippen molar-refractivity contribution >= 4 is 17.6 Å². The molecule has 0 aliphatic carbocycles. The van der Waals surface area contributed by atoms with Gasteiger partial charge in [-0.15, -0.1) is 0 Å². The highest BCUT2D eigenvalue weighted by Gasteiger charge is 2.31. The summed E-state index contributed by atoms with van der Waals surface area (Å²) >= 11 is 0. The summed E-state index contributed by atoms with van der Waals surface area (Å²) in [5, 5.41) is 0.